The summed E-state index contributed by atoms with van der Waals surface area (Å²) in [6, 6.07) is 24.2. The first-order chi connectivity index (χ1) is 15.6. The fraction of sp³-hybridized carbons (Fsp3) is 0.0769. The van der Waals surface area contributed by atoms with Gasteiger partial charge in [-0.05, 0) is 42.8 Å². The van der Waals surface area contributed by atoms with E-state index in [2.05, 4.69) is 69.4 Å². The Bertz CT molecular complexity index is 1400. The number of ether oxygens (including phenoxy) is 1. The number of rotatable bonds is 5. The van der Waals surface area contributed by atoms with Gasteiger partial charge in [-0.15, -0.1) is 0 Å². The van der Waals surface area contributed by atoms with Crippen LogP contribution in [0.25, 0.3) is 27.8 Å². The number of hydrogen-bond acceptors (Lipinski definition) is 4. The Morgan fingerprint density at radius 1 is 0.938 bits per heavy atom. The Kier molecular flexibility index (Phi) is 5.25. The van der Waals surface area contributed by atoms with Gasteiger partial charge in [0.2, 0.25) is 0 Å². The molecule has 0 radical (unpaired) electrons. The number of nitrogens with zero attached hydrogens (tertiary/aromatic N) is 3. The van der Waals surface area contributed by atoms with Crippen molar-refractivity contribution in [2.24, 2.45) is 0 Å². The van der Waals surface area contributed by atoms with Crippen LogP contribution < -0.4 is 10.1 Å². The van der Waals surface area contributed by atoms with Crippen LogP contribution in [0, 0.1) is 6.92 Å². The number of fused-ring (bicyclic) bond motifs is 1. The highest BCUT2D eigenvalue weighted by molar-refractivity contribution is 6.32. The monoisotopic (exact) mass is 440 g/mol. The lowest BCUT2D eigenvalue weighted by molar-refractivity contribution is 0.415. The van der Waals surface area contributed by atoms with E-state index in [-0.39, 0.29) is 0 Å². The maximum Gasteiger partial charge on any atom is 0.150 e. The summed E-state index contributed by atoms with van der Waals surface area (Å²) in [5, 5.41) is 4.89. The van der Waals surface area contributed by atoms with E-state index in [9.17, 15) is 0 Å². The van der Waals surface area contributed by atoms with Crippen LogP contribution in [0.15, 0.2) is 85.3 Å². The zero-order chi connectivity index (χ0) is 22.1. The zero-order valence-electron chi connectivity index (χ0n) is 17.7. The predicted molar refractivity (Wildman–Crippen MR) is 130 cm³/mol. The molecule has 2 aromatic heterocycles. The molecule has 6 heteroatoms. The number of benzene rings is 3. The van der Waals surface area contributed by atoms with Crippen LogP contribution in [0.1, 0.15) is 5.56 Å². The summed E-state index contributed by atoms with van der Waals surface area (Å²) >= 11 is 6.34. The first-order valence-corrected chi connectivity index (χ1v) is 10.6. The molecule has 32 heavy (non-hydrogen) atoms. The summed E-state index contributed by atoms with van der Waals surface area (Å²) in [5.41, 5.74) is 6.03. The fourth-order valence-corrected chi connectivity index (χ4v) is 4.03. The predicted octanol–water partition coefficient (Wildman–Crippen LogP) is 6.80. The Balaban J connectivity index is 1.70. The SMILES string of the molecule is COc1ccc(Nc2ncnc3c2c(-c2ccccc2)cn3-c2ccc(C)cc2)cc1Cl. The van der Waals surface area contributed by atoms with Crippen LogP contribution in [0.4, 0.5) is 11.5 Å². The molecule has 5 aromatic rings. The molecule has 5 nitrogen and oxygen atoms in total. The van der Waals surface area contributed by atoms with Gasteiger partial charge in [0.15, 0.2) is 5.65 Å². The molecule has 0 fully saturated rings. The van der Waals surface area contributed by atoms with Gasteiger partial charge in [-0.1, -0.05) is 59.6 Å². The molecule has 5 rings (SSSR count). The van der Waals surface area contributed by atoms with Crippen LogP contribution in [0.3, 0.4) is 0 Å². The molecule has 0 atom stereocenters. The number of halogens is 1. The second kappa shape index (κ2) is 8.36. The van der Waals surface area contributed by atoms with Gasteiger partial charge in [-0.2, -0.15) is 0 Å². The molecule has 0 aliphatic heterocycles. The summed E-state index contributed by atoms with van der Waals surface area (Å²) in [6.07, 6.45) is 3.70. The highest BCUT2D eigenvalue weighted by atomic mass is 35.5. The van der Waals surface area contributed by atoms with Crippen LogP contribution >= 0.6 is 11.6 Å². The third-order valence-electron chi connectivity index (χ3n) is 5.39. The van der Waals surface area contributed by atoms with Crippen molar-refractivity contribution in [1.29, 1.82) is 0 Å². The summed E-state index contributed by atoms with van der Waals surface area (Å²) < 4.78 is 7.37. The maximum atomic E-state index is 6.34. The number of methoxy groups -OCH3 is 1. The molecular weight excluding hydrogens is 420 g/mol. The van der Waals surface area contributed by atoms with Gasteiger partial charge < -0.3 is 14.6 Å². The Morgan fingerprint density at radius 2 is 1.72 bits per heavy atom. The van der Waals surface area contributed by atoms with E-state index >= 15 is 0 Å². The minimum absolute atomic E-state index is 0.531. The van der Waals surface area contributed by atoms with Gasteiger partial charge in [0.1, 0.15) is 17.9 Å². The minimum Gasteiger partial charge on any atom is -0.495 e. The average molecular weight is 441 g/mol. The van der Waals surface area contributed by atoms with E-state index in [4.69, 9.17) is 16.3 Å². The Morgan fingerprint density at radius 3 is 2.44 bits per heavy atom. The largest absolute Gasteiger partial charge is 0.495 e. The fourth-order valence-electron chi connectivity index (χ4n) is 3.78. The highest BCUT2D eigenvalue weighted by Gasteiger charge is 2.18. The first-order valence-electron chi connectivity index (χ1n) is 10.2. The van der Waals surface area contributed by atoms with E-state index < -0.39 is 0 Å². The Labute approximate surface area is 191 Å². The Hall–Kier alpha value is -3.83. The molecule has 0 aliphatic carbocycles. The molecule has 158 valence electrons. The standard InChI is InChI=1S/C26H21ClN4O/c1-17-8-11-20(12-9-17)31-15-21(18-6-4-3-5-7-18)24-25(28-16-29-26(24)31)30-19-10-13-23(32-2)22(27)14-19/h3-16H,1-2H3,(H,28,29,30). The van der Waals surface area contributed by atoms with Gasteiger partial charge in [0.05, 0.1) is 17.5 Å². The molecule has 0 saturated carbocycles. The molecule has 3 aromatic carbocycles. The lowest BCUT2D eigenvalue weighted by atomic mass is 10.1. The number of aryl methyl sites for hydroxylation is 1. The quantitative estimate of drug-likeness (QED) is 0.326. The van der Waals surface area contributed by atoms with E-state index in [1.54, 1.807) is 13.4 Å². The van der Waals surface area contributed by atoms with Crippen molar-refractivity contribution < 1.29 is 4.74 Å². The maximum absolute atomic E-state index is 6.34. The van der Waals surface area contributed by atoms with Crippen LogP contribution in [-0.4, -0.2) is 21.6 Å². The van der Waals surface area contributed by atoms with Gasteiger partial charge in [0, 0.05) is 23.1 Å². The third kappa shape index (κ3) is 3.67. The second-order valence-electron chi connectivity index (χ2n) is 7.51. The smallest absolute Gasteiger partial charge is 0.150 e. The zero-order valence-corrected chi connectivity index (χ0v) is 18.5. The summed E-state index contributed by atoms with van der Waals surface area (Å²) in [7, 11) is 1.60. The van der Waals surface area contributed by atoms with E-state index in [0.717, 1.165) is 33.5 Å². The molecular formula is C26H21ClN4O. The van der Waals surface area contributed by atoms with Crippen molar-refractivity contribution in [1.82, 2.24) is 14.5 Å². The van der Waals surface area contributed by atoms with Crippen LogP contribution in [-0.2, 0) is 0 Å². The van der Waals surface area contributed by atoms with E-state index in [1.807, 2.05) is 36.4 Å². The summed E-state index contributed by atoms with van der Waals surface area (Å²) in [6.45, 7) is 2.08. The average Bonchev–Trinajstić information content (AvgIpc) is 3.21. The molecule has 0 bridgehead atoms. The van der Waals surface area contributed by atoms with Crippen molar-refractivity contribution in [3.05, 3.63) is 95.9 Å². The number of nitrogens with one attached hydrogen (secondary N) is 1. The summed E-state index contributed by atoms with van der Waals surface area (Å²) in [5.74, 6) is 1.33. The third-order valence-corrected chi connectivity index (χ3v) is 5.69. The van der Waals surface area contributed by atoms with Gasteiger partial charge in [-0.3, -0.25) is 0 Å². The van der Waals surface area contributed by atoms with Crippen molar-refractivity contribution >= 4 is 34.1 Å². The van der Waals surface area contributed by atoms with Crippen molar-refractivity contribution in [3.63, 3.8) is 0 Å². The molecule has 2 heterocycles. The lowest BCUT2D eigenvalue weighted by Gasteiger charge is -2.10. The number of anilines is 2. The molecule has 0 aliphatic rings. The van der Waals surface area contributed by atoms with Crippen molar-refractivity contribution in [2.75, 3.05) is 12.4 Å². The molecule has 1 N–H and O–H groups in total. The topological polar surface area (TPSA) is 52.0 Å². The normalized spacial score (nSPS) is 11.0. The van der Waals surface area contributed by atoms with Crippen LogP contribution in [0.5, 0.6) is 5.75 Å². The first kappa shape index (κ1) is 20.1. The van der Waals surface area contributed by atoms with Gasteiger partial charge >= 0.3 is 0 Å². The van der Waals surface area contributed by atoms with Gasteiger partial charge in [-0.25, -0.2) is 9.97 Å². The highest BCUT2D eigenvalue weighted by Crippen LogP contribution is 2.37. The van der Waals surface area contributed by atoms with Gasteiger partial charge in [0.25, 0.3) is 0 Å². The second-order valence-corrected chi connectivity index (χ2v) is 7.92. The molecule has 0 spiro atoms. The minimum atomic E-state index is 0.531. The molecule has 0 saturated heterocycles. The number of aromatic nitrogens is 3. The number of hydrogen-bond donors (Lipinski definition) is 1. The summed E-state index contributed by atoms with van der Waals surface area (Å²) in [4.78, 5) is 9.21. The van der Waals surface area contributed by atoms with Crippen molar-refractivity contribution in [3.8, 4) is 22.6 Å². The van der Waals surface area contributed by atoms with E-state index in [0.29, 0.717) is 16.6 Å². The van der Waals surface area contributed by atoms with Crippen molar-refractivity contribution in [2.45, 2.75) is 6.92 Å². The van der Waals surface area contributed by atoms with E-state index in [1.165, 1.54) is 5.56 Å². The molecule has 0 unspecified atom stereocenters. The van der Waals surface area contributed by atoms with Crippen LogP contribution in [0.2, 0.25) is 5.02 Å². The lowest BCUT2D eigenvalue weighted by Crippen LogP contribution is -1.98. The molecule has 0 amide bonds.